The molecule has 1 aliphatic heterocycles. The predicted molar refractivity (Wildman–Crippen MR) is 105 cm³/mol. The van der Waals surface area contributed by atoms with Gasteiger partial charge in [-0.2, -0.15) is 0 Å². The van der Waals surface area contributed by atoms with Gasteiger partial charge in [0.05, 0.1) is 5.39 Å². The molecule has 1 amide bonds. The predicted octanol–water partition coefficient (Wildman–Crippen LogP) is 3.56. The number of fused-ring (bicyclic) bond motifs is 1. The normalized spacial score (nSPS) is 15.4. The monoisotopic (exact) mass is 367 g/mol. The Balaban J connectivity index is 1.46. The lowest BCUT2D eigenvalue weighted by atomic mass is 9.95. The van der Waals surface area contributed by atoms with E-state index in [0.717, 1.165) is 47.7 Å². The molecule has 1 fully saturated rings. The van der Waals surface area contributed by atoms with Gasteiger partial charge in [-0.15, -0.1) is 11.3 Å². The Labute approximate surface area is 156 Å². The maximum Gasteiger partial charge on any atom is 0.227 e. The van der Waals surface area contributed by atoms with Gasteiger partial charge in [-0.25, -0.2) is 9.97 Å². The smallest absolute Gasteiger partial charge is 0.227 e. The number of anilines is 2. The van der Waals surface area contributed by atoms with E-state index in [9.17, 15) is 4.79 Å². The number of rotatable bonds is 3. The van der Waals surface area contributed by atoms with E-state index in [1.54, 1.807) is 30.1 Å². The molecule has 0 aliphatic carbocycles. The summed E-state index contributed by atoms with van der Waals surface area (Å²) < 4.78 is 0. The van der Waals surface area contributed by atoms with Crippen LogP contribution in [0.25, 0.3) is 10.2 Å². The lowest BCUT2D eigenvalue weighted by Gasteiger charge is -2.32. The molecule has 1 N–H and O–H groups in total. The second-order valence-electron chi connectivity index (χ2n) is 6.65. The number of hydrogen-bond acceptors (Lipinski definition) is 6. The summed E-state index contributed by atoms with van der Waals surface area (Å²) in [5.41, 5.74) is 2.06. The Hall–Kier alpha value is -2.54. The molecule has 1 aliphatic rings. The molecule has 0 atom stereocenters. The number of thiophene rings is 1. The van der Waals surface area contributed by atoms with Gasteiger partial charge in [0.25, 0.3) is 0 Å². The van der Waals surface area contributed by atoms with Crippen LogP contribution in [0.4, 0.5) is 11.5 Å². The number of aromatic nitrogens is 3. The number of nitrogens with one attached hydrogen (secondary N) is 1. The fourth-order valence-electron chi connectivity index (χ4n) is 3.44. The van der Waals surface area contributed by atoms with Gasteiger partial charge in [0.1, 0.15) is 17.0 Å². The highest BCUT2D eigenvalue weighted by molar-refractivity contribution is 7.18. The van der Waals surface area contributed by atoms with Crippen molar-refractivity contribution in [2.45, 2.75) is 26.7 Å². The van der Waals surface area contributed by atoms with Crippen molar-refractivity contribution in [3.8, 4) is 0 Å². The molecule has 0 spiro atoms. The molecule has 3 aromatic rings. The summed E-state index contributed by atoms with van der Waals surface area (Å²) in [4.78, 5) is 30.1. The fourth-order valence-corrected chi connectivity index (χ4v) is 4.43. The molecule has 134 valence electrons. The summed E-state index contributed by atoms with van der Waals surface area (Å²) in [7, 11) is 0. The van der Waals surface area contributed by atoms with Gasteiger partial charge >= 0.3 is 0 Å². The zero-order valence-corrected chi connectivity index (χ0v) is 15.7. The SMILES string of the molecule is Cc1sc2ncnc(N3CCC(C(=O)Nc4ccncc4)CC3)c2c1C. The van der Waals surface area contributed by atoms with Crippen molar-refractivity contribution in [2.75, 3.05) is 23.3 Å². The van der Waals surface area contributed by atoms with Crippen molar-refractivity contribution < 1.29 is 4.79 Å². The van der Waals surface area contributed by atoms with Crippen molar-refractivity contribution in [1.82, 2.24) is 15.0 Å². The molecule has 26 heavy (non-hydrogen) atoms. The van der Waals surface area contributed by atoms with Crippen LogP contribution in [0.15, 0.2) is 30.9 Å². The van der Waals surface area contributed by atoms with Crippen LogP contribution in [0, 0.1) is 19.8 Å². The molecule has 6 nitrogen and oxygen atoms in total. The van der Waals surface area contributed by atoms with E-state index in [0.29, 0.717) is 0 Å². The van der Waals surface area contributed by atoms with Gasteiger partial charge in [-0.1, -0.05) is 0 Å². The Morgan fingerprint density at radius 2 is 1.92 bits per heavy atom. The molecular weight excluding hydrogens is 346 g/mol. The molecule has 0 aromatic carbocycles. The van der Waals surface area contributed by atoms with E-state index in [1.165, 1.54) is 10.4 Å². The van der Waals surface area contributed by atoms with Crippen molar-refractivity contribution in [3.05, 3.63) is 41.3 Å². The first-order valence-electron chi connectivity index (χ1n) is 8.80. The summed E-state index contributed by atoms with van der Waals surface area (Å²) in [5, 5.41) is 4.15. The van der Waals surface area contributed by atoms with Gasteiger partial charge in [0.2, 0.25) is 5.91 Å². The van der Waals surface area contributed by atoms with Gasteiger partial charge in [0.15, 0.2) is 0 Å². The Morgan fingerprint density at radius 1 is 1.19 bits per heavy atom. The summed E-state index contributed by atoms with van der Waals surface area (Å²) in [5.74, 6) is 1.12. The summed E-state index contributed by atoms with van der Waals surface area (Å²) in [6.07, 6.45) is 6.66. The third kappa shape index (κ3) is 3.14. The third-order valence-electron chi connectivity index (χ3n) is 5.06. The van der Waals surface area contributed by atoms with Gasteiger partial charge in [-0.05, 0) is 44.4 Å². The maximum atomic E-state index is 12.5. The minimum Gasteiger partial charge on any atom is -0.356 e. The highest BCUT2D eigenvalue weighted by atomic mass is 32.1. The second-order valence-corrected chi connectivity index (χ2v) is 7.85. The molecule has 0 saturated carbocycles. The third-order valence-corrected chi connectivity index (χ3v) is 6.17. The van der Waals surface area contributed by atoms with Crippen LogP contribution in [-0.2, 0) is 4.79 Å². The Morgan fingerprint density at radius 3 is 2.65 bits per heavy atom. The quantitative estimate of drug-likeness (QED) is 0.766. The summed E-state index contributed by atoms with van der Waals surface area (Å²) >= 11 is 1.72. The first kappa shape index (κ1) is 16.9. The highest BCUT2D eigenvalue weighted by Crippen LogP contribution is 2.35. The Bertz CT molecular complexity index is 932. The largest absolute Gasteiger partial charge is 0.356 e. The summed E-state index contributed by atoms with van der Waals surface area (Å²) in [6, 6.07) is 3.62. The minimum atomic E-state index is 0.0297. The molecule has 4 rings (SSSR count). The average molecular weight is 367 g/mol. The van der Waals surface area contributed by atoms with E-state index in [4.69, 9.17) is 0 Å². The number of nitrogens with zero attached hydrogens (tertiary/aromatic N) is 4. The topological polar surface area (TPSA) is 71.0 Å². The summed E-state index contributed by atoms with van der Waals surface area (Å²) in [6.45, 7) is 5.92. The number of aryl methyl sites for hydroxylation is 2. The van der Waals surface area contributed by atoms with Crippen LogP contribution in [0.3, 0.4) is 0 Å². The van der Waals surface area contributed by atoms with Crippen LogP contribution in [0.2, 0.25) is 0 Å². The molecule has 1 saturated heterocycles. The Kier molecular flexibility index (Phi) is 4.55. The number of amides is 1. The highest BCUT2D eigenvalue weighted by Gasteiger charge is 2.27. The van der Waals surface area contributed by atoms with Crippen LogP contribution in [0.1, 0.15) is 23.3 Å². The van der Waals surface area contributed by atoms with E-state index >= 15 is 0 Å². The number of piperidine rings is 1. The fraction of sp³-hybridized carbons (Fsp3) is 0.368. The van der Waals surface area contributed by atoms with Gasteiger partial charge in [-0.3, -0.25) is 9.78 Å². The van der Waals surface area contributed by atoms with E-state index in [-0.39, 0.29) is 11.8 Å². The zero-order chi connectivity index (χ0) is 18.1. The van der Waals surface area contributed by atoms with Crippen LogP contribution >= 0.6 is 11.3 Å². The van der Waals surface area contributed by atoms with E-state index in [2.05, 4.69) is 39.0 Å². The molecule has 4 heterocycles. The molecular formula is C19H21N5OS. The number of carbonyl (C=O) groups is 1. The van der Waals surface area contributed by atoms with Crippen molar-refractivity contribution in [3.63, 3.8) is 0 Å². The average Bonchev–Trinajstić information content (AvgIpc) is 2.97. The maximum absolute atomic E-state index is 12.5. The zero-order valence-electron chi connectivity index (χ0n) is 14.9. The molecule has 0 radical (unpaired) electrons. The minimum absolute atomic E-state index is 0.0297. The standard InChI is InChI=1S/C19H21N5OS/c1-12-13(2)26-19-16(12)17(21-11-22-19)24-9-5-14(6-10-24)18(25)23-15-3-7-20-8-4-15/h3-4,7-8,11,14H,5-6,9-10H2,1-2H3,(H,20,23,25). The van der Waals surface area contributed by atoms with E-state index < -0.39 is 0 Å². The number of carbonyl (C=O) groups excluding carboxylic acids is 1. The first-order chi connectivity index (χ1) is 12.6. The molecule has 0 unspecified atom stereocenters. The molecule has 0 bridgehead atoms. The first-order valence-corrected chi connectivity index (χ1v) is 9.61. The van der Waals surface area contributed by atoms with Crippen LogP contribution in [-0.4, -0.2) is 33.9 Å². The van der Waals surface area contributed by atoms with Crippen LogP contribution in [0.5, 0.6) is 0 Å². The van der Waals surface area contributed by atoms with Crippen molar-refractivity contribution in [1.29, 1.82) is 0 Å². The lowest BCUT2D eigenvalue weighted by Crippen LogP contribution is -2.38. The van der Waals surface area contributed by atoms with Crippen LogP contribution < -0.4 is 10.2 Å². The number of hydrogen-bond donors (Lipinski definition) is 1. The lowest BCUT2D eigenvalue weighted by molar-refractivity contribution is -0.120. The molecule has 7 heteroatoms. The van der Waals surface area contributed by atoms with E-state index in [1.807, 2.05) is 12.1 Å². The van der Waals surface area contributed by atoms with Gasteiger partial charge in [0, 0.05) is 42.0 Å². The second kappa shape index (κ2) is 6.99. The van der Waals surface area contributed by atoms with Gasteiger partial charge < -0.3 is 10.2 Å². The molecule has 3 aromatic heterocycles. The van der Waals surface area contributed by atoms with Crippen molar-refractivity contribution in [2.24, 2.45) is 5.92 Å². The number of pyridine rings is 1. The van der Waals surface area contributed by atoms with Crippen molar-refractivity contribution >= 4 is 39.0 Å².